The highest BCUT2D eigenvalue weighted by Gasteiger charge is 2.38. The van der Waals surface area contributed by atoms with Gasteiger partial charge in [0.05, 0.1) is 5.88 Å². The van der Waals surface area contributed by atoms with E-state index in [4.69, 9.17) is 0 Å². The predicted octanol–water partition coefficient (Wildman–Crippen LogP) is 2.66. The molecule has 0 radical (unpaired) electrons. The van der Waals surface area contributed by atoms with Gasteiger partial charge in [0.2, 0.25) is 5.91 Å². The van der Waals surface area contributed by atoms with Gasteiger partial charge >= 0.3 is 0 Å². The lowest BCUT2D eigenvalue weighted by Gasteiger charge is -2.40. The molecule has 7 nitrogen and oxygen atoms in total. The van der Waals surface area contributed by atoms with E-state index in [1.165, 1.54) is 0 Å². The molecule has 3 aliphatic heterocycles. The van der Waals surface area contributed by atoms with Crippen LogP contribution in [0.25, 0.3) is 0 Å². The topological polar surface area (TPSA) is 60.0 Å². The van der Waals surface area contributed by atoms with Gasteiger partial charge in [0.15, 0.2) is 0 Å². The number of thioether (sulfide) groups is 1. The quantitative estimate of drug-likeness (QED) is 0.657. The third kappa shape index (κ3) is 5.23. The van der Waals surface area contributed by atoms with E-state index in [9.17, 15) is 9.59 Å². The van der Waals surface area contributed by atoms with Gasteiger partial charge in [0, 0.05) is 63.3 Å². The van der Waals surface area contributed by atoms with E-state index in [0.717, 1.165) is 64.5 Å². The van der Waals surface area contributed by atoms with E-state index in [-0.39, 0.29) is 17.9 Å². The molecule has 3 saturated heterocycles. The van der Waals surface area contributed by atoms with Crippen LogP contribution < -0.4 is 4.90 Å². The number of hydrogen-bond donors (Lipinski definition) is 0. The van der Waals surface area contributed by atoms with Crippen LogP contribution in [0.1, 0.15) is 23.2 Å². The van der Waals surface area contributed by atoms with Crippen LogP contribution >= 0.6 is 11.8 Å². The SMILES string of the molecule is O=C([C@@H]1CSCN1C(=O)c1ccccc1)N1CCCC(CN2CCN(c3ccccn3)CC2)C1. The summed E-state index contributed by atoms with van der Waals surface area (Å²) >= 11 is 1.67. The molecule has 34 heavy (non-hydrogen) atoms. The Morgan fingerprint density at radius 1 is 0.971 bits per heavy atom. The third-order valence-electron chi connectivity index (χ3n) is 7.14. The highest BCUT2D eigenvalue weighted by molar-refractivity contribution is 7.99. The van der Waals surface area contributed by atoms with E-state index >= 15 is 0 Å². The minimum Gasteiger partial charge on any atom is -0.354 e. The summed E-state index contributed by atoms with van der Waals surface area (Å²) in [6, 6.07) is 15.0. The number of anilines is 1. The van der Waals surface area contributed by atoms with E-state index in [1.54, 1.807) is 16.7 Å². The number of piperidine rings is 1. The molecule has 1 aromatic heterocycles. The number of likely N-dealkylation sites (tertiary alicyclic amines) is 1. The van der Waals surface area contributed by atoms with Gasteiger partial charge in [0.1, 0.15) is 11.9 Å². The first-order valence-corrected chi connectivity index (χ1v) is 13.5. The Hall–Kier alpha value is -2.58. The maximum absolute atomic E-state index is 13.5. The summed E-state index contributed by atoms with van der Waals surface area (Å²) in [4.78, 5) is 39.7. The van der Waals surface area contributed by atoms with E-state index in [1.807, 2.05) is 53.6 Å². The molecular weight excluding hydrogens is 446 g/mol. The zero-order chi connectivity index (χ0) is 23.3. The zero-order valence-corrected chi connectivity index (χ0v) is 20.4. The second-order valence-corrected chi connectivity index (χ2v) is 10.4. The molecule has 1 unspecified atom stereocenters. The summed E-state index contributed by atoms with van der Waals surface area (Å²) in [5.41, 5.74) is 0.657. The average Bonchev–Trinajstić information content (AvgIpc) is 3.39. The van der Waals surface area contributed by atoms with Crippen LogP contribution in [0.5, 0.6) is 0 Å². The molecule has 0 saturated carbocycles. The molecule has 2 aromatic rings. The van der Waals surface area contributed by atoms with Crippen molar-refractivity contribution in [3.8, 4) is 0 Å². The number of piperazine rings is 1. The first kappa shape index (κ1) is 23.2. The molecule has 5 rings (SSSR count). The molecule has 2 amide bonds. The number of nitrogens with zero attached hydrogens (tertiary/aromatic N) is 5. The smallest absolute Gasteiger partial charge is 0.255 e. The molecule has 0 N–H and O–H groups in total. The maximum Gasteiger partial charge on any atom is 0.255 e. The van der Waals surface area contributed by atoms with Crippen LogP contribution in [-0.2, 0) is 4.79 Å². The molecule has 180 valence electrons. The van der Waals surface area contributed by atoms with E-state index in [0.29, 0.717) is 23.1 Å². The molecule has 0 spiro atoms. The lowest BCUT2D eigenvalue weighted by molar-refractivity contribution is -0.136. The molecule has 0 bridgehead atoms. The van der Waals surface area contributed by atoms with E-state index < -0.39 is 0 Å². The van der Waals surface area contributed by atoms with Crippen LogP contribution in [0, 0.1) is 5.92 Å². The monoisotopic (exact) mass is 479 g/mol. The summed E-state index contributed by atoms with van der Waals surface area (Å²) in [6.07, 6.45) is 4.06. The van der Waals surface area contributed by atoms with Crippen molar-refractivity contribution in [2.24, 2.45) is 5.92 Å². The lowest BCUT2D eigenvalue weighted by Crippen LogP contribution is -2.53. The summed E-state index contributed by atoms with van der Waals surface area (Å²) in [5.74, 6) is 2.91. The fourth-order valence-electron chi connectivity index (χ4n) is 5.28. The Bertz CT molecular complexity index is 968. The number of hydrogen-bond acceptors (Lipinski definition) is 6. The Labute approximate surface area is 206 Å². The number of carbonyl (C=O) groups is 2. The molecule has 8 heteroatoms. The van der Waals surface area contributed by atoms with Crippen LogP contribution in [0.3, 0.4) is 0 Å². The van der Waals surface area contributed by atoms with Crippen LogP contribution in [0.15, 0.2) is 54.7 Å². The van der Waals surface area contributed by atoms with Crippen molar-refractivity contribution in [1.29, 1.82) is 0 Å². The normalized spacial score (nSPS) is 23.8. The minimum absolute atomic E-state index is 0.0386. The number of rotatable bonds is 5. The van der Waals surface area contributed by atoms with Crippen molar-refractivity contribution in [3.05, 3.63) is 60.3 Å². The maximum atomic E-state index is 13.5. The first-order chi connectivity index (χ1) is 16.7. The largest absolute Gasteiger partial charge is 0.354 e. The predicted molar refractivity (Wildman–Crippen MR) is 136 cm³/mol. The van der Waals surface area contributed by atoms with Crippen molar-refractivity contribution in [1.82, 2.24) is 19.7 Å². The molecule has 1 aromatic carbocycles. The van der Waals surface area contributed by atoms with Crippen molar-refractivity contribution in [2.75, 3.05) is 62.3 Å². The minimum atomic E-state index is -0.349. The Morgan fingerprint density at radius 3 is 2.53 bits per heavy atom. The Kier molecular flexibility index (Phi) is 7.35. The van der Waals surface area contributed by atoms with E-state index in [2.05, 4.69) is 20.9 Å². The van der Waals surface area contributed by atoms with Crippen molar-refractivity contribution in [3.63, 3.8) is 0 Å². The van der Waals surface area contributed by atoms with Gasteiger partial charge < -0.3 is 14.7 Å². The van der Waals surface area contributed by atoms with Gasteiger partial charge in [-0.1, -0.05) is 24.3 Å². The zero-order valence-electron chi connectivity index (χ0n) is 19.6. The van der Waals surface area contributed by atoms with Gasteiger partial charge in [-0.25, -0.2) is 4.98 Å². The highest BCUT2D eigenvalue weighted by atomic mass is 32.2. The lowest BCUT2D eigenvalue weighted by atomic mass is 9.96. The number of aromatic nitrogens is 1. The summed E-state index contributed by atoms with van der Waals surface area (Å²) < 4.78 is 0. The molecule has 2 atom stereocenters. The van der Waals surface area contributed by atoms with Crippen molar-refractivity contribution >= 4 is 29.4 Å². The fraction of sp³-hybridized carbons (Fsp3) is 0.500. The second kappa shape index (κ2) is 10.8. The van der Waals surface area contributed by atoms with Gasteiger partial charge in [-0.2, -0.15) is 0 Å². The Morgan fingerprint density at radius 2 is 1.76 bits per heavy atom. The number of carbonyl (C=O) groups excluding carboxylic acids is 2. The first-order valence-electron chi connectivity index (χ1n) is 12.3. The van der Waals surface area contributed by atoms with Gasteiger partial charge in [-0.3, -0.25) is 14.5 Å². The fourth-order valence-corrected chi connectivity index (χ4v) is 6.43. The molecular formula is C26H33N5O2S. The summed E-state index contributed by atoms with van der Waals surface area (Å²) in [7, 11) is 0. The molecule has 4 heterocycles. The Balaban J connectivity index is 1.14. The standard InChI is InChI=1S/C26H33N5O2S/c32-25(22-8-2-1-3-9-22)31-20-34-19-23(31)26(33)30-12-6-7-21(18-30)17-28-13-15-29(16-14-28)24-10-4-5-11-27-24/h1-5,8-11,21,23H,6-7,12-20H2/t21?,23-/m0/s1. The number of pyridine rings is 1. The molecule has 3 aliphatic rings. The van der Waals surface area contributed by atoms with Crippen LogP contribution in [-0.4, -0.2) is 95.0 Å². The van der Waals surface area contributed by atoms with Crippen molar-refractivity contribution in [2.45, 2.75) is 18.9 Å². The number of benzene rings is 1. The van der Waals surface area contributed by atoms with Crippen LogP contribution in [0.2, 0.25) is 0 Å². The third-order valence-corrected chi connectivity index (χ3v) is 8.15. The summed E-state index contributed by atoms with van der Waals surface area (Å²) in [6.45, 7) is 6.67. The highest BCUT2D eigenvalue weighted by Crippen LogP contribution is 2.27. The molecule has 3 fully saturated rings. The van der Waals surface area contributed by atoms with Crippen LogP contribution in [0.4, 0.5) is 5.82 Å². The molecule has 0 aliphatic carbocycles. The second-order valence-electron chi connectivity index (χ2n) is 9.42. The number of amides is 2. The van der Waals surface area contributed by atoms with Gasteiger partial charge in [-0.15, -0.1) is 11.8 Å². The average molecular weight is 480 g/mol. The van der Waals surface area contributed by atoms with Gasteiger partial charge in [-0.05, 0) is 43.0 Å². The van der Waals surface area contributed by atoms with Gasteiger partial charge in [0.25, 0.3) is 5.91 Å². The van der Waals surface area contributed by atoms with Crippen molar-refractivity contribution < 1.29 is 9.59 Å². The summed E-state index contributed by atoms with van der Waals surface area (Å²) in [5, 5.41) is 0.